The lowest BCUT2D eigenvalue weighted by Crippen LogP contribution is -2.46. The zero-order valence-corrected chi connectivity index (χ0v) is 16.7. The van der Waals surface area contributed by atoms with Gasteiger partial charge in [0.1, 0.15) is 5.75 Å². The van der Waals surface area contributed by atoms with Crippen molar-refractivity contribution in [1.29, 1.82) is 0 Å². The van der Waals surface area contributed by atoms with E-state index in [4.69, 9.17) is 14.2 Å². The molecular formula is C22H25BrO3. The van der Waals surface area contributed by atoms with Gasteiger partial charge in [-0.25, -0.2) is 0 Å². The van der Waals surface area contributed by atoms with Crippen LogP contribution in [-0.4, -0.2) is 19.0 Å². The normalized spacial score (nSPS) is 27.3. The summed E-state index contributed by atoms with van der Waals surface area (Å²) in [5.74, 6) is 0.710. The lowest BCUT2D eigenvalue weighted by Gasteiger charge is -2.42. The quantitative estimate of drug-likeness (QED) is 0.627. The molecule has 0 amide bonds. The van der Waals surface area contributed by atoms with Crippen molar-refractivity contribution in [2.75, 3.05) is 13.2 Å². The molecule has 1 saturated heterocycles. The Kier molecular flexibility index (Phi) is 5.35. The van der Waals surface area contributed by atoms with Crippen molar-refractivity contribution in [3.63, 3.8) is 0 Å². The van der Waals surface area contributed by atoms with Gasteiger partial charge >= 0.3 is 0 Å². The Bertz CT molecular complexity index is 748. The number of rotatable bonds is 5. The summed E-state index contributed by atoms with van der Waals surface area (Å²) in [6, 6.07) is 16.8. The molecule has 1 spiro atoms. The third kappa shape index (κ3) is 3.55. The van der Waals surface area contributed by atoms with Gasteiger partial charge < -0.3 is 14.2 Å². The van der Waals surface area contributed by atoms with Crippen molar-refractivity contribution in [3.05, 3.63) is 64.1 Å². The number of benzene rings is 2. The molecule has 2 aromatic rings. The fourth-order valence-electron chi connectivity index (χ4n) is 4.21. The Morgan fingerprint density at radius 2 is 2.04 bits per heavy atom. The van der Waals surface area contributed by atoms with Gasteiger partial charge in [0.25, 0.3) is 0 Å². The van der Waals surface area contributed by atoms with E-state index >= 15 is 0 Å². The van der Waals surface area contributed by atoms with E-state index in [1.807, 2.05) is 19.1 Å². The summed E-state index contributed by atoms with van der Waals surface area (Å²) in [5, 5.41) is 0. The number of hydrogen-bond acceptors (Lipinski definition) is 3. The maximum atomic E-state index is 6.49. The Balaban J connectivity index is 1.57. The van der Waals surface area contributed by atoms with Crippen molar-refractivity contribution in [1.82, 2.24) is 0 Å². The summed E-state index contributed by atoms with van der Waals surface area (Å²) in [6.07, 6.45) is 3.92. The topological polar surface area (TPSA) is 27.7 Å². The first kappa shape index (κ1) is 18.0. The Hall–Kier alpha value is -1.36. The molecule has 0 saturated carbocycles. The molecule has 4 heteroatoms. The van der Waals surface area contributed by atoms with Crippen LogP contribution in [0.25, 0.3) is 0 Å². The molecule has 4 rings (SSSR count). The van der Waals surface area contributed by atoms with Gasteiger partial charge in [0.05, 0.1) is 12.7 Å². The predicted octanol–water partition coefficient (Wildman–Crippen LogP) is 5.67. The molecule has 3 atom stereocenters. The first-order chi connectivity index (χ1) is 12.7. The van der Waals surface area contributed by atoms with Crippen molar-refractivity contribution in [2.45, 2.75) is 44.5 Å². The lowest BCUT2D eigenvalue weighted by molar-refractivity contribution is -0.209. The molecule has 0 radical (unpaired) electrons. The molecule has 26 heavy (non-hydrogen) atoms. The number of halogens is 1. The third-order valence-corrected chi connectivity index (χ3v) is 5.99. The standard InChI is InChI=1S/C22H25BrO3/c1-2-24-21-15-22(26-20-11-10-18(23)14-19(20)21)17(12-13-25-22)9-8-16-6-4-3-5-7-16/h3-7,10-11,14,17,21H,2,8-9,12-13,15H2,1H3/t17-,21-,22-/m0/s1. The Morgan fingerprint density at radius 3 is 2.85 bits per heavy atom. The van der Waals surface area contributed by atoms with E-state index in [1.165, 1.54) is 5.56 Å². The van der Waals surface area contributed by atoms with Crippen LogP contribution in [0.5, 0.6) is 5.75 Å². The van der Waals surface area contributed by atoms with E-state index in [9.17, 15) is 0 Å². The summed E-state index contributed by atoms with van der Waals surface area (Å²) in [4.78, 5) is 0. The molecule has 0 bridgehead atoms. The average Bonchev–Trinajstić information content (AvgIpc) is 3.03. The van der Waals surface area contributed by atoms with Crippen LogP contribution in [0.15, 0.2) is 53.0 Å². The van der Waals surface area contributed by atoms with Crippen molar-refractivity contribution in [2.24, 2.45) is 5.92 Å². The van der Waals surface area contributed by atoms with Gasteiger partial charge in [-0.2, -0.15) is 0 Å². The van der Waals surface area contributed by atoms with E-state index in [2.05, 4.69) is 52.3 Å². The molecule has 0 N–H and O–H groups in total. The number of ether oxygens (including phenoxy) is 3. The second kappa shape index (κ2) is 7.71. The molecule has 2 aliphatic rings. The zero-order chi connectivity index (χ0) is 18.0. The van der Waals surface area contributed by atoms with Gasteiger partial charge in [0.15, 0.2) is 0 Å². The lowest BCUT2D eigenvalue weighted by atomic mass is 9.84. The van der Waals surface area contributed by atoms with Crippen LogP contribution < -0.4 is 4.74 Å². The van der Waals surface area contributed by atoms with E-state index < -0.39 is 5.79 Å². The van der Waals surface area contributed by atoms with Gasteiger partial charge in [-0.1, -0.05) is 46.3 Å². The highest BCUT2D eigenvalue weighted by Crippen LogP contribution is 2.50. The van der Waals surface area contributed by atoms with Gasteiger partial charge in [0.2, 0.25) is 5.79 Å². The largest absolute Gasteiger partial charge is 0.462 e. The third-order valence-electron chi connectivity index (χ3n) is 5.50. The summed E-state index contributed by atoms with van der Waals surface area (Å²) >= 11 is 3.56. The maximum absolute atomic E-state index is 6.49. The predicted molar refractivity (Wildman–Crippen MR) is 105 cm³/mol. The van der Waals surface area contributed by atoms with E-state index in [-0.39, 0.29) is 6.10 Å². The minimum absolute atomic E-state index is 0.0126. The van der Waals surface area contributed by atoms with Gasteiger partial charge in [-0.3, -0.25) is 0 Å². The van der Waals surface area contributed by atoms with Crippen molar-refractivity contribution < 1.29 is 14.2 Å². The van der Waals surface area contributed by atoms with E-state index in [0.29, 0.717) is 12.5 Å². The Labute approximate surface area is 163 Å². The first-order valence-electron chi connectivity index (χ1n) is 9.48. The molecular weight excluding hydrogens is 392 g/mol. The van der Waals surface area contributed by atoms with Crippen molar-refractivity contribution in [3.8, 4) is 5.75 Å². The Morgan fingerprint density at radius 1 is 1.19 bits per heavy atom. The summed E-state index contributed by atoms with van der Waals surface area (Å²) in [7, 11) is 0. The second-order valence-electron chi connectivity index (χ2n) is 7.10. The highest BCUT2D eigenvalue weighted by atomic mass is 79.9. The van der Waals surface area contributed by atoms with Crippen LogP contribution in [0.3, 0.4) is 0 Å². The van der Waals surface area contributed by atoms with Crippen LogP contribution in [0, 0.1) is 5.92 Å². The second-order valence-corrected chi connectivity index (χ2v) is 8.02. The highest BCUT2D eigenvalue weighted by molar-refractivity contribution is 9.10. The fourth-order valence-corrected chi connectivity index (χ4v) is 4.59. The molecule has 138 valence electrons. The zero-order valence-electron chi connectivity index (χ0n) is 15.1. The van der Waals surface area contributed by atoms with E-state index in [1.54, 1.807) is 0 Å². The van der Waals surface area contributed by atoms with Crippen LogP contribution >= 0.6 is 15.9 Å². The minimum Gasteiger partial charge on any atom is -0.462 e. The van der Waals surface area contributed by atoms with E-state index in [0.717, 1.165) is 48.1 Å². The van der Waals surface area contributed by atoms with Gasteiger partial charge in [-0.15, -0.1) is 0 Å². The maximum Gasteiger partial charge on any atom is 0.216 e. The van der Waals surface area contributed by atoms with Gasteiger partial charge in [0, 0.05) is 29.0 Å². The molecule has 3 nitrogen and oxygen atoms in total. The highest BCUT2D eigenvalue weighted by Gasteiger charge is 2.51. The smallest absolute Gasteiger partial charge is 0.216 e. The molecule has 0 unspecified atom stereocenters. The minimum atomic E-state index is -0.560. The SMILES string of the molecule is CCO[C@H]1C[C@]2(OCC[C@@H]2CCc2ccccc2)Oc2ccc(Br)cc21. The molecule has 2 aromatic carbocycles. The monoisotopic (exact) mass is 416 g/mol. The molecule has 0 aromatic heterocycles. The summed E-state index contributed by atoms with van der Waals surface area (Å²) in [6.45, 7) is 3.48. The number of hydrogen-bond donors (Lipinski definition) is 0. The van der Waals surface area contributed by atoms with Crippen molar-refractivity contribution >= 4 is 15.9 Å². The van der Waals surface area contributed by atoms with Crippen LogP contribution in [0.2, 0.25) is 0 Å². The fraction of sp³-hybridized carbons (Fsp3) is 0.455. The van der Waals surface area contributed by atoms with Crippen LogP contribution in [0.1, 0.15) is 43.4 Å². The number of aryl methyl sites for hydroxylation is 1. The van der Waals surface area contributed by atoms with Crippen LogP contribution in [0.4, 0.5) is 0 Å². The first-order valence-corrected chi connectivity index (χ1v) is 10.3. The average molecular weight is 417 g/mol. The molecule has 1 fully saturated rings. The summed E-state index contributed by atoms with van der Waals surface area (Å²) < 4.78 is 19.9. The van der Waals surface area contributed by atoms with Gasteiger partial charge in [-0.05, 0) is 49.9 Å². The summed E-state index contributed by atoms with van der Waals surface area (Å²) in [5.41, 5.74) is 2.49. The molecule has 2 heterocycles. The number of fused-ring (bicyclic) bond motifs is 1. The molecule has 2 aliphatic heterocycles. The van der Waals surface area contributed by atoms with Crippen LogP contribution in [-0.2, 0) is 15.9 Å². The molecule has 0 aliphatic carbocycles.